The highest BCUT2D eigenvalue weighted by molar-refractivity contribution is 7.80. The largest absolute Gasteiger partial charge is 0.493 e. The van der Waals surface area contributed by atoms with Gasteiger partial charge in [-0.3, -0.25) is 0 Å². The van der Waals surface area contributed by atoms with E-state index < -0.39 is 12.2 Å². The summed E-state index contributed by atoms with van der Waals surface area (Å²) in [6.07, 6.45) is 1.18. The lowest BCUT2D eigenvalue weighted by molar-refractivity contribution is -0.156. The molecule has 1 aromatic carbocycles. The molecule has 2 aromatic heterocycles. The van der Waals surface area contributed by atoms with Gasteiger partial charge in [0.05, 0.1) is 7.11 Å². The molecule has 9 heteroatoms. The van der Waals surface area contributed by atoms with E-state index in [4.69, 9.17) is 16.3 Å². The number of nitrogens with one attached hydrogen (secondary N) is 1. The molecule has 0 radical (unpaired) electrons. The van der Waals surface area contributed by atoms with Crippen molar-refractivity contribution in [3.63, 3.8) is 0 Å². The summed E-state index contributed by atoms with van der Waals surface area (Å²) >= 11 is 9.80. The molecule has 0 unspecified atom stereocenters. The Balaban J connectivity index is 0.000000189. The first-order chi connectivity index (χ1) is 12.3. The fourth-order valence-corrected chi connectivity index (χ4v) is 2.68. The van der Waals surface area contributed by atoms with Crippen molar-refractivity contribution in [1.29, 1.82) is 0 Å². The Morgan fingerprint density at radius 2 is 1.92 bits per heavy atom. The van der Waals surface area contributed by atoms with E-state index in [-0.39, 0.29) is 5.56 Å². The number of methoxy groups -OCH3 is 1. The Labute approximate surface area is 159 Å². The van der Waals surface area contributed by atoms with Crippen molar-refractivity contribution in [3.8, 4) is 5.75 Å². The first kappa shape index (κ1) is 20.4. The summed E-state index contributed by atoms with van der Waals surface area (Å²) in [6.45, 7) is 0. The van der Waals surface area contributed by atoms with E-state index in [0.29, 0.717) is 5.02 Å². The van der Waals surface area contributed by atoms with Crippen LogP contribution >= 0.6 is 24.2 Å². The number of fused-ring (bicyclic) bond motifs is 1. The number of halogens is 4. The molecular weight excluding hydrogens is 387 g/mol. The number of alkyl halides is 3. The van der Waals surface area contributed by atoms with Crippen LogP contribution in [0.2, 0.25) is 5.02 Å². The zero-order valence-electron chi connectivity index (χ0n) is 14.0. The molecule has 0 aliphatic heterocycles. The Kier molecular flexibility index (Phi) is 6.80. The number of pyridine rings is 1. The van der Waals surface area contributed by atoms with Crippen molar-refractivity contribution in [2.24, 2.45) is 0 Å². The van der Waals surface area contributed by atoms with Gasteiger partial charge in [0.1, 0.15) is 6.04 Å². The SMILES string of the molecule is CN[C@H](c1ccc(Cl)cc1)C(F)(F)F.COc1cc(S)cn2ccnc12. The highest BCUT2D eigenvalue weighted by Gasteiger charge is 2.39. The third-order valence-electron chi connectivity index (χ3n) is 3.48. The van der Waals surface area contributed by atoms with Crippen molar-refractivity contribution >= 4 is 29.9 Å². The lowest BCUT2D eigenvalue weighted by atomic mass is 10.1. The van der Waals surface area contributed by atoms with Gasteiger partial charge in [-0.25, -0.2) is 4.98 Å². The van der Waals surface area contributed by atoms with E-state index in [9.17, 15) is 13.2 Å². The zero-order valence-corrected chi connectivity index (χ0v) is 15.6. The van der Waals surface area contributed by atoms with Gasteiger partial charge in [-0.05, 0) is 30.8 Å². The number of rotatable bonds is 3. The minimum absolute atomic E-state index is 0.157. The third-order valence-corrected chi connectivity index (χ3v) is 3.98. The highest BCUT2D eigenvalue weighted by atomic mass is 35.5. The van der Waals surface area contributed by atoms with Gasteiger partial charge in [-0.15, -0.1) is 12.6 Å². The Hall–Kier alpha value is -1.90. The molecule has 1 atom stereocenters. The molecule has 1 N–H and O–H groups in total. The van der Waals surface area contributed by atoms with Crippen LogP contribution in [0.3, 0.4) is 0 Å². The molecule has 3 rings (SSSR count). The second-order valence-electron chi connectivity index (χ2n) is 5.24. The number of aromatic nitrogens is 2. The van der Waals surface area contributed by atoms with Gasteiger partial charge in [0.2, 0.25) is 0 Å². The van der Waals surface area contributed by atoms with Crippen molar-refractivity contribution in [1.82, 2.24) is 14.7 Å². The molecule has 0 aliphatic carbocycles. The maximum Gasteiger partial charge on any atom is 0.407 e. The molecule has 0 aliphatic rings. The Bertz CT molecular complexity index is 853. The summed E-state index contributed by atoms with van der Waals surface area (Å²) in [6, 6.07) is 5.79. The van der Waals surface area contributed by atoms with Crippen molar-refractivity contribution in [3.05, 3.63) is 59.5 Å². The average molecular weight is 404 g/mol. The van der Waals surface area contributed by atoms with Gasteiger partial charge in [0.15, 0.2) is 11.4 Å². The van der Waals surface area contributed by atoms with Gasteiger partial charge >= 0.3 is 6.18 Å². The molecule has 0 bridgehead atoms. The fourth-order valence-electron chi connectivity index (χ4n) is 2.31. The monoisotopic (exact) mass is 403 g/mol. The molecule has 0 saturated heterocycles. The van der Waals surface area contributed by atoms with Crippen LogP contribution in [-0.4, -0.2) is 29.7 Å². The minimum Gasteiger partial charge on any atom is -0.493 e. The first-order valence-electron chi connectivity index (χ1n) is 7.45. The van der Waals surface area contributed by atoms with Gasteiger partial charge < -0.3 is 14.5 Å². The molecular formula is C17H17ClF3N3OS. The van der Waals surface area contributed by atoms with Crippen LogP contribution in [0.5, 0.6) is 5.75 Å². The number of imidazole rings is 1. The topological polar surface area (TPSA) is 38.6 Å². The van der Waals surface area contributed by atoms with E-state index in [1.54, 1.807) is 13.3 Å². The van der Waals surface area contributed by atoms with Crippen LogP contribution in [0.15, 0.2) is 53.8 Å². The lowest BCUT2D eigenvalue weighted by Gasteiger charge is -2.19. The van der Waals surface area contributed by atoms with Crippen LogP contribution in [-0.2, 0) is 0 Å². The second-order valence-corrected chi connectivity index (χ2v) is 6.19. The number of ether oxygens (including phenoxy) is 1. The van der Waals surface area contributed by atoms with Crippen LogP contribution in [0.25, 0.3) is 5.65 Å². The standard InChI is InChI=1S/C9H9ClF3N.C8H8N2OS/c1-14-8(9(11,12)13)6-2-4-7(10)5-3-6;1-11-7-4-6(12)5-10-3-2-9-8(7)10/h2-5,8,14H,1H3;2-5,12H,1H3/t8-;/m1./s1. The molecule has 0 spiro atoms. The number of nitrogens with zero attached hydrogens (tertiary/aromatic N) is 2. The Morgan fingerprint density at radius 1 is 1.27 bits per heavy atom. The van der Waals surface area contributed by atoms with Crippen LogP contribution in [0.1, 0.15) is 11.6 Å². The van der Waals surface area contributed by atoms with Crippen molar-refractivity contribution in [2.75, 3.05) is 14.2 Å². The van der Waals surface area contributed by atoms with E-state index in [2.05, 4.69) is 22.9 Å². The molecule has 26 heavy (non-hydrogen) atoms. The van der Waals surface area contributed by atoms with Gasteiger partial charge in [0, 0.05) is 28.5 Å². The van der Waals surface area contributed by atoms with Gasteiger partial charge in [-0.2, -0.15) is 13.2 Å². The van der Waals surface area contributed by atoms with Crippen LogP contribution < -0.4 is 10.1 Å². The number of thiol groups is 1. The second kappa shape index (κ2) is 8.66. The van der Waals surface area contributed by atoms with Gasteiger partial charge in [0.25, 0.3) is 0 Å². The summed E-state index contributed by atoms with van der Waals surface area (Å²) in [4.78, 5) is 4.99. The third kappa shape index (κ3) is 5.06. The zero-order chi connectivity index (χ0) is 19.3. The average Bonchev–Trinajstić information content (AvgIpc) is 3.04. The molecule has 0 amide bonds. The maximum absolute atomic E-state index is 12.4. The van der Waals surface area contributed by atoms with Crippen molar-refractivity contribution in [2.45, 2.75) is 17.1 Å². The highest BCUT2D eigenvalue weighted by Crippen LogP contribution is 2.32. The molecule has 140 valence electrons. The maximum atomic E-state index is 12.4. The summed E-state index contributed by atoms with van der Waals surface area (Å²) in [5.41, 5.74) is 0.972. The lowest BCUT2D eigenvalue weighted by Crippen LogP contribution is -2.31. The molecule has 2 heterocycles. The van der Waals surface area contributed by atoms with E-state index in [1.165, 1.54) is 31.3 Å². The molecule has 4 nitrogen and oxygen atoms in total. The minimum atomic E-state index is -4.29. The first-order valence-corrected chi connectivity index (χ1v) is 8.28. The smallest absolute Gasteiger partial charge is 0.407 e. The quantitative estimate of drug-likeness (QED) is 0.617. The van der Waals surface area contributed by atoms with Crippen LogP contribution in [0, 0.1) is 0 Å². The normalized spacial score (nSPS) is 12.4. The van der Waals surface area contributed by atoms with E-state index in [1.807, 2.05) is 22.9 Å². The fraction of sp³-hybridized carbons (Fsp3) is 0.235. The number of benzene rings is 1. The predicted octanol–water partition coefficient (Wildman–Crippen LogP) is 4.79. The summed E-state index contributed by atoms with van der Waals surface area (Å²) in [7, 11) is 2.89. The summed E-state index contributed by atoms with van der Waals surface area (Å²) in [5, 5.41) is 2.63. The van der Waals surface area contributed by atoms with E-state index in [0.717, 1.165) is 16.3 Å². The summed E-state index contributed by atoms with van der Waals surface area (Å²) < 4.78 is 44.2. The number of hydrogen-bond acceptors (Lipinski definition) is 4. The Morgan fingerprint density at radius 3 is 2.46 bits per heavy atom. The van der Waals surface area contributed by atoms with Crippen LogP contribution in [0.4, 0.5) is 13.2 Å². The molecule has 0 fully saturated rings. The predicted molar refractivity (Wildman–Crippen MR) is 98.3 cm³/mol. The molecule has 0 saturated carbocycles. The summed E-state index contributed by atoms with van der Waals surface area (Å²) in [5.74, 6) is 0.743. The number of hydrogen-bond donors (Lipinski definition) is 2. The van der Waals surface area contributed by atoms with Crippen molar-refractivity contribution < 1.29 is 17.9 Å². The van der Waals surface area contributed by atoms with Gasteiger partial charge in [-0.1, -0.05) is 23.7 Å². The van der Waals surface area contributed by atoms with E-state index >= 15 is 0 Å². The molecule has 3 aromatic rings.